The molecule has 0 aliphatic carbocycles. The molecule has 1 aromatic carbocycles. The molecule has 4 N–H and O–H groups in total. The van der Waals surface area contributed by atoms with Crippen LogP contribution in [0.25, 0.3) is 0 Å². The van der Waals surface area contributed by atoms with E-state index in [2.05, 4.69) is 4.98 Å². The number of H-pyrrole nitrogens is 1. The number of halogens is 1. The lowest BCUT2D eigenvalue weighted by Crippen LogP contribution is -2.60. The number of nitrogens with zero attached hydrogens (tertiary/aromatic N) is 1. The minimum Gasteiger partial charge on any atom is -0.404 e. The zero-order chi connectivity index (χ0) is 25.1. The Hall–Kier alpha value is -1.77. The van der Waals surface area contributed by atoms with Gasteiger partial charge < -0.3 is 24.6 Å². The number of ether oxygens (including phenoxy) is 1. The highest BCUT2D eigenvalue weighted by Gasteiger charge is 2.69. The first-order chi connectivity index (χ1) is 15.8. The molecule has 1 unspecified atom stereocenters. The van der Waals surface area contributed by atoms with Crippen LogP contribution in [0.3, 0.4) is 0 Å². The number of fused-ring (bicyclic) bond motifs is 1. The van der Waals surface area contributed by atoms with Crippen molar-refractivity contribution in [1.82, 2.24) is 9.55 Å². The van der Waals surface area contributed by atoms with Crippen molar-refractivity contribution in [2.75, 3.05) is 0 Å². The maximum atomic E-state index is 16.0. The van der Waals surface area contributed by atoms with Gasteiger partial charge in [0.05, 0.1) is 18.6 Å². The van der Waals surface area contributed by atoms with Crippen LogP contribution in [0.1, 0.15) is 11.1 Å². The third-order valence-corrected chi connectivity index (χ3v) is 7.09. The lowest BCUT2D eigenvalue weighted by molar-refractivity contribution is -0.240. The average molecular weight is 506 g/mol. The van der Waals surface area contributed by atoms with Crippen LogP contribution < -0.4 is 10.2 Å². The van der Waals surface area contributed by atoms with Gasteiger partial charge in [0.15, 0.2) is 0 Å². The Balaban J connectivity index is 1.69. The van der Waals surface area contributed by atoms with E-state index in [1.54, 1.807) is 18.2 Å². The predicted molar refractivity (Wildman–Crippen MR) is 117 cm³/mol. The highest BCUT2D eigenvalue weighted by molar-refractivity contribution is 7.71. The number of aliphatic hydroxyl groups excluding tert-OH is 3. The molecule has 17 heteroatoms. The SMILES string of the molecule is [B]C([B])(OP1(=O)OCc2ccccc2O1)[C@@]1(F)O[C@@]([B])(n2cc(CO)c(=S)[nH]c2=O)[C@H](O)[C@@H]1O. The van der Waals surface area contributed by atoms with Crippen molar-refractivity contribution < 1.29 is 42.6 Å². The summed E-state index contributed by atoms with van der Waals surface area (Å²) in [6, 6.07) is 6.28. The first-order valence-electron chi connectivity index (χ1n) is 9.57. The maximum absolute atomic E-state index is 16.0. The molecule has 2 aliphatic heterocycles. The molecule has 3 heterocycles. The van der Waals surface area contributed by atoms with Gasteiger partial charge in [-0.2, -0.15) is 0 Å². The number of aromatic nitrogens is 2. The lowest BCUT2D eigenvalue weighted by atomic mass is 9.59. The van der Waals surface area contributed by atoms with Gasteiger partial charge in [-0.25, -0.2) is 13.8 Å². The predicted octanol–water partition coefficient (Wildman–Crippen LogP) is -0.681. The first kappa shape index (κ1) is 25.3. The number of alkyl halides is 1. The molecule has 1 aromatic heterocycles. The second-order valence-corrected chi connectivity index (χ2v) is 9.56. The average Bonchev–Trinajstić information content (AvgIpc) is 2.94. The largest absolute Gasteiger partial charge is 0.529 e. The molecule has 174 valence electrons. The molecule has 2 aromatic rings. The van der Waals surface area contributed by atoms with Crippen LogP contribution in [-0.2, 0) is 37.2 Å². The van der Waals surface area contributed by atoms with Crippen molar-refractivity contribution in [3.8, 4) is 5.75 Å². The minimum atomic E-state index is -4.68. The van der Waals surface area contributed by atoms with Crippen molar-refractivity contribution in [2.45, 2.75) is 42.3 Å². The fourth-order valence-corrected chi connectivity index (χ4v) is 5.03. The quantitative estimate of drug-likeness (QED) is 0.233. The summed E-state index contributed by atoms with van der Waals surface area (Å²) in [5.74, 6) is -3.68. The van der Waals surface area contributed by atoms with Gasteiger partial charge in [-0.3, -0.25) is 18.6 Å². The van der Waals surface area contributed by atoms with E-state index in [9.17, 15) is 24.7 Å². The molecule has 4 rings (SSSR count). The Morgan fingerprint density at radius 3 is 2.71 bits per heavy atom. The molecule has 5 atom stereocenters. The first-order valence-corrected chi connectivity index (χ1v) is 11.4. The van der Waals surface area contributed by atoms with E-state index in [1.165, 1.54) is 6.07 Å². The molecule has 0 spiro atoms. The van der Waals surface area contributed by atoms with Crippen LogP contribution in [-0.4, -0.2) is 71.9 Å². The number of aliphatic hydroxyl groups is 3. The van der Waals surface area contributed by atoms with Crippen LogP contribution in [0.5, 0.6) is 5.75 Å². The zero-order valence-electron chi connectivity index (χ0n) is 17.2. The molecule has 6 radical (unpaired) electrons. The summed E-state index contributed by atoms with van der Waals surface area (Å²) in [4.78, 5) is 14.6. The molecule has 1 saturated heterocycles. The Bertz CT molecular complexity index is 1300. The maximum Gasteiger partial charge on any atom is 0.529 e. The van der Waals surface area contributed by atoms with Crippen molar-refractivity contribution in [2.24, 2.45) is 0 Å². The monoisotopic (exact) mass is 506 g/mol. The van der Waals surface area contributed by atoms with Crippen LogP contribution in [0.4, 0.5) is 4.39 Å². The van der Waals surface area contributed by atoms with Crippen molar-refractivity contribution >= 4 is 43.6 Å². The van der Waals surface area contributed by atoms with E-state index in [-0.39, 0.29) is 22.6 Å². The number of aromatic amines is 1. The van der Waals surface area contributed by atoms with E-state index < -0.39 is 49.2 Å². The third-order valence-electron chi connectivity index (χ3n) is 5.33. The summed E-state index contributed by atoms with van der Waals surface area (Å²) in [5, 5.41) is 27.1. The van der Waals surface area contributed by atoms with Crippen molar-refractivity contribution in [3.05, 3.63) is 56.7 Å². The number of hydrogen-bond donors (Lipinski definition) is 4. The molecule has 11 nitrogen and oxygen atoms in total. The number of rotatable bonds is 5. The Labute approximate surface area is 200 Å². The molecular weight excluding hydrogens is 491 g/mol. The number of phosphoric acid groups is 1. The molecule has 0 amide bonds. The molecule has 34 heavy (non-hydrogen) atoms. The summed E-state index contributed by atoms with van der Waals surface area (Å²) in [7, 11) is 12.7. The second kappa shape index (κ2) is 8.42. The lowest BCUT2D eigenvalue weighted by Gasteiger charge is -2.42. The van der Waals surface area contributed by atoms with Gasteiger partial charge in [0.1, 0.15) is 51.8 Å². The van der Waals surface area contributed by atoms with Crippen LogP contribution in [0.15, 0.2) is 35.3 Å². The Morgan fingerprint density at radius 2 is 2.03 bits per heavy atom. The molecular formula is C17H15B3FN2O9PS. The summed E-state index contributed by atoms with van der Waals surface area (Å²) in [6.07, 6.45) is -4.13. The number of nitrogens with one attached hydrogen (secondary N) is 1. The normalized spacial score (nSPS) is 33.3. The van der Waals surface area contributed by atoms with E-state index in [4.69, 9.17) is 54.1 Å². The summed E-state index contributed by atoms with van der Waals surface area (Å²) >= 11 is 4.88. The number of para-hydroxylation sites is 1. The van der Waals surface area contributed by atoms with Crippen molar-refractivity contribution in [1.29, 1.82) is 0 Å². The highest BCUT2D eigenvalue weighted by Crippen LogP contribution is 2.59. The van der Waals surface area contributed by atoms with Crippen LogP contribution in [0, 0.1) is 4.64 Å². The summed E-state index contributed by atoms with van der Waals surface area (Å²) in [6.45, 7) is -0.927. The topological polar surface area (TPSA) is 152 Å². The minimum absolute atomic E-state index is 0.0452. The summed E-state index contributed by atoms with van der Waals surface area (Å²) in [5.41, 5.74) is -3.47. The highest BCUT2D eigenvalue weighted by atomic mass is 32.1. The van der Waals surface area contributed by atoms with Gasteiger partial charge in [0.2, 0.25) is 0 Å². The number of phosphoric ester groups is 1. The van der Waals surface area contributed by atoms with Gasteiger partial charge in [0, 0.05) is 17.3 Å². The van der Waals surface area contributed by atoms with Crippen LogP contribution >= 0.6 is 20.0 Å². The van der Waals surface area contributed by atoms with Crippen molar-refractivity contribution in [3.63, 3.8) is 0 Å². The number of hydrogen-bond acceptors (Lipinski definition) is 10. The van der Waals surface area contributed by atoms with E-state index >= 15 is 4.39 Å². The smallest absolute Gasteiger partial charge is 0.404 e. The third kappa shape index (κ3) is 3.92. The van der Waals surface area contributed by atoms with E-state index in [0.717, 1.165) is 6.20 Å². The fourth-order valence-electron chi connectivity index (χ4n) is 3.47. The van der Waals surface area contributed by atoms with E-state index in [0.29, 0.717) is 10.1 Å². The Kier molecular flexibility index (Phi) is 6.27. The molecule has 0 saturated carbocycles. The van der Waals surface area contributed by atoms with Gasteiger partial charge in [-0.1, -0.05) is 30.4 Å². The van der Waals surface area contributed by atoms with Crippen LogP contribution in [0.2, 0.25) is 0 Å². The van der Waals surface area contributed by atoms with Gasteiger partial charge in [-0.15, -0.1) is 0 Å². The standard InChI is InChI=1S/C17H15B3FN2O9PS/c18-16(23-5-9(6-24)13(34)22-14(23)27)12(26)11(25)15(21,31-16)17(19,20)32-33(28)29-7-8-3-1-2-4-10(8)30-33/h1-5,11-12,24-26H,6-7H2,(H,22,27,34)/t11-,12+,15-,16-,33?/m0/s1. The summed E-state index contributed by atoms with van der Waals surface area (Å²) < 4.78 is 49.5. The zero-order valence-corrected chi connectivity index (χ0v) is 18.9. The number of benzene rings is 1. The van der Waals surface area contributed by atoms with Gasteiger partial charge >= 0.3 is 13.5 Å². The molecule has 1 fully saturated rings. The second-order valence-electron chi connectivity index (χ2n) is 7.63. The molecule has 2 aliphatic rings. The Morgan fingerprint density at radius 1 is 1.35 bits per heavy atom. The fraction of sp³-hybridized carbons (Fsp3) is 0.412. The van der Waals surface area contributed by atoms with E-state index in [1.807, 2.05) is 0 Å². The van der Waals surface area contributed by atoms with Gasteiger partial charge in [-0.05, 0) is 6.07 Å². The molecule has 0 bridgehead atoms. The van der Waals surface area contributed by atoms with Gasteiger partial charge in [0.25, 0.3) is 5.85 Å².